The van der Waals surface area contributed by atoms with Gasteiger partial charge in [0.1, 0.15) is 12.2 Å². The van der Waals surface area contributed by atoms with Crippen LogP contribution in [0.15, 0.2) is 24.3 Å². The predicted molar refractivity (Wildman–Crippen MR) is 52.0 cm³/mol. The molecule has 2 saturated heterocycles. The average molecular weight is 204 g/mol. The van der Waals surface area contributed by atoms with Crippen LogP contribution >= 0.6 is 0 Å². The molecule has 4 atom stereocenters. The zero-order chi connectivity index (χ0) is 10.3. The number of epoxide rings is 1. The van der Waals surface area contributed by atoms with Crippen molar-refractivity contribution in [2.75, 3.05) is 0 Å². The normalized spacial score (nSPS) is 49.7. The summed E-state index contributed by atoms with van der Waals surface area (Å²) in [6.45, 7) is 4.07. The Morgan fingerprint density at radius 2 is 1.40 bits per heavy atom. The molecule has 0 saturated carbocycles. The lowest BCUT2D eigenvalue weighted by Crippen LogP contribution is -2.54. The van der Waals surface area contributed by atoms with Gasteiger partial charge in [-0.1, -0.05) is 24.3 Å². The first-order valence-corrected chi connectivity index (χ1v) is 5.28. The maximum absolute atomic E-state index is 5.70. The van der Waals surface area contributed by atoms with Gasteiger partial charge in [-0.05, 0) is 25.0 Å². The Morgan fingerprint density at radius 1 is 0.933 bits per heavy atom. The Labute approximate surface area is 87.9 Å². The average Bonchev–Trinajstić information content (AvgIpc) is 3.05. The van der Waals surface area contributed by atoms with Crippen molar-refractivity contribution in [1.29, 1.82) is 0 Å². The number of ether oxygens (including phenoxy) is 1. The molecule has 5 rings (SSSR count). The number of hydrogen-bond donors (Lipinski definition) is 0. The van der Waals surface area contributed by atoms with Gasteiger partial charge in [-0.2, -0.15) is 0 Å². The maximum Gasteiger partial charge on any atom is 0.155 e. The molecule has 3 nitrogen and oxygen atoms in total. The van der Waals surface area contributed by atoms with E-state index in [1.165, 1.54) is 11.1 Å². The number of rotatable bonds is 0. The Kier molecular flexibility index (Phi) is 1.17. The van der Waals surface area contributed by atoms with E-state index in [4.69, 9.17) is 14.5 Å². The van der Waals surface area contributed by atoms with Crippen molar-refractivity contribution in [3.8, 4) is 0 Å². The molecule has 1 aliphatic carbocycles. The van der Waals surface area contributed by atoms with Crippen LogP contribution in [0.5, 0.6) is 0 Å². The highest BCUT2D eigenvalue weighted by molar-refractivity contribution is 5.45. The third kappa shape index (κ3) is 0.728. The van der Waals surface area contributed by atoms with Crippen LogP contribution in [0.4, 0.5) is 0 Å². The van der Waals surface area contributed by atoms with Gasteiger partial charge in [0.25, 0.3) is 0 Å². The fourth-order valence-corrected chi connectivity index (χ4v) is 2.96. The first-order valence-electron chi connectivity index (χ1n) is 5.28. The summed E-state index contributed by atoms with van der Waals surface area (Å²) < 4.78 is 5.70. The lowest BCUT2D eigenvalue weighted by Gasteiger charge is -2.46. The fourth-order valence-electron chi connectivity index (χ4n) is 2.96. The van der Waals surface area contributed by atoms with Crippen molar-refractivity contribution >= 4 is 0 Å². The second kappa shape index (κ2) is 2.12. The molecule has 0 N–H and O–H groups in total. The van der Waals surface area contributed by atoms with E-state index in [9.17, 15) is 0 Å². The van der Waals surface area contributed by atoms with Crippen molar-refractivity contribution < 1.29 is 14.5 Å². The van der Waals surface area contributed by atoms with Gasteiger partial charge in [0.2, 0.25) is 0 Å². The second-order valence-electron chi connectivity index (χ2n) is 4.90. The summed E-state index contributed by atoms with van der Waals surface area (Å²) in [6.07, 6.45) is 0.317. The van der Waals surface area contributed by atoms with Crippen molar-refractivity contribution in [3.05, 3.63) is 35.4 Å². The molecule has 0 amide bonds. The van der Waals surface area contributed by atoms with Gasteiger partial charge in [0.15, 0.2) is 11.2 Å². The molecular weight excluding hydrogens is 192 g/mol. The van der Waals surface area contributed by atoms with Gasteiger partial charge in [0, 0.05) is 0 Å². The summed E-state index contributed by atoms with van der Waals surface area (Å²) in [6, 6.07) is 8.28. The quantitative estimate of drug-likeness (QED) is 0.477. The van der Waals surface area contributed by atoms with Gasteiger partial charge < -0.3 is 4.74 Å². The summed E-state index contributed by atoms with van der Waals surface area (Å²) in [7, 11) is 0. The van der Waals surface area contributed by atoms with Gasteiger partial charge in [-0.15, -0.1) is 0 Å². The Morgan fingerprint density at radius 3 is 1.87 bits per heavy atom. The SMILES string of the molecule is C[C@]12OO[C@](C)(c3ccccc31)[C@@H]1O[C@H]12. The van der Waals surface area contributed by atoms with Crippen molar-refractivity contribution in [2.45, 2.75) is 37.3 Å². The number of fused-ring (bicyclic) bond motifs is 1. The molecule has 0 spiro atoms. The highest BCUT2D eigenvalue weighted by Gasteiger charge is 2.72. The maximum atomic E-state index is 5.70. The second-order valence-corrected chi connectivity index (χ2v) is 4.90. The molecule has 15 heavy (non-hydrogen) atoms. The van der Waals surface area contributed by atoms with Crippen LogP contribution in [0, 0.1) is 0 Å². The number of benzene rings is 1. The minimum absolute atomic E-state index is 0.158. The highest BCUT2D eigenvalue weighted by Crippen LogP contribution is 2.61. The van der Waals surface area contributed by atoms with Crippen LogP contribution in [-0.2, 0) is 25.7 Å². The van der Waals surface area contributed by atoms with Crippen LogP contribution in [0.1, 0.15) is 25.0 Å². The summed E-state index contributed by atoms with van der Waals surface area (Å²) in [4.78, 5) is 11.0. The Balaban J connectivity index is 2.07. The van der Waals surface area contributed by atoms with Crippen LogP contribution in [0.3, 0.4) is 0 Å². The Bertz CT molecular complexity index is 417. The minimum atomic E-state index is -0.418. The molecule has 0 aromatic heterocycles. The fraction of sp³-hybridized carbons (Fsp3) is 0.500. The van der Waals surface area contributed by atoms with Crippen LogP contribution in [0.2, 0.25) is 0 Å². The topological polar surface area (TPSA) is 31.0 Å². The van der Waals surface area contributed by atoms with E-state index in [-0.39, 0.29) is 12.2 Å². The van der Waals surface area contributed by atoms with E-state index in [0.29, 0.717) is 0 Å². The Hall–Kier alpha value is -0.900. The van der Waals surface area contributed by atoms with Gasteiger partial charge >= 0.3 is 0 Å². The number of hydrogen-bond acceptors (Lipinski definition) is 3. The summed E-state index contributed by atoms with van der Waals surface area (Å²) >= 11 is 0. The standard InChI is InChI=1S/C12H12O3/c1-11-7-5-3-4-6-8(7)12(2,15-14-11)10-9(11)13-10/h3-6,9-10H,1-2H3/t9-,10-,11-,12+/m1/s1. The molecule has 3 aliphatic heterocycles. The van der Waals surface area contributed by atoms with E-state index >= 15 is 0 Å². The lowest BCUT2D eigenvalue weighted by atomic mass is 9.72. The molecule has 0 radical (unpaired) electrons. The smallest absolute Gasteiger partial charge is 0.155 e. The lowest BCUT2D eigenvalue weighted by molar-refractivity contribution is -0.445. The summed E-state index contributed by atoms with van der Waals surface area (Å²) in [5.41, 5.74) is 1.58. The molecule has 3 heterocycles. The predicted octanol–water partition coefficient (Wildman–Crippen LogP) is 1.86. The van der Waals surface area contributed by atoms with Gasteiger partial charge in [-0.3, -0.25) is 0 Å². The van der Waals surface area contributed by atoms with Crippen molar-refractivity contribution in [1.82, 2.24) is 0 Å². The van der Waals surface area contributed by atoms with Gasteiger partial charge in [0.05, 0.1) is 0 Å². The van der Waals surface area contributed by atoms with E-state index in [0.717, 1.165) is 0 Å². The first-order chi connectivity index (χ1) is 7.16. The molecule has 4 aliphatic rings. The van der Waals surface area contributed by atoms with Gasteiger partial charge in [-0.25, -0.2) is 9.78 Å². The summed E-state index contributed by atoms with van der Waals surface area (Å²) in [5.74, 6) is 0. The molecular formula is C12H12O3. The molecule has 2 fully saturated rings. The molecule has 0 unspecified atom stereocenters. The van der Waals surface area contributed by atoms with Crippen LogP contribution in [0.25, 0.3) is 0 Å². The van der Waals surface area contributed by atoms with E-state index < -0.39 is 11.2 Å². The zero-order valence-corrected chi connectivity index (χ0v) is 8.69. The monoisotopic (exact) mass is 204 g/mol. The zero-order valence-electron chi connectivity index (χ0n) is 8.69. The first kappa shape index (κ1) is 8.28. The van der Waals surface area contributed by atoms with E-state index in [1.54, 1.807) is 0 Å². The highest BCUT2D eigenvalue weighted by atomic mass is 17.2. The third-order valence-electron chi connectivity index (χ3n) is 3.96. The molecule has 3 heteroatoms. The largest absolute Gasteiger partial charge is 0.362 e. The van der Waals surface area contributed by atoms with Crippen molar-refractivity contribution in [2.24, 2.45) is 0 Å². The van der Waals surface area contributed by atoms with Crippen LogP contribution in [-0.4, -0.2) is 12.2 Å². The van der Waals surface area contributed by atoms with Crippen LogP contribution < -0.4 is 0 Å². The summed E-state index contributed by atoms with van der Waals surface area (Å²) in [5, 5.41) is 0. The van der Waals surface area contributed by atoms with E-state index in [2.05, 4.69) is 12.1 Å². The molecule has 78 valence electrons. The van der Waals surface area contributed by atoms with Crippen molar-refractivity contribution in [3.63, 3.8) is 0 Å². The molecule has 2 bridgehead atoms. The molecule has 1 aromatic rings. The van der Waals surface area contributed by atoms with E-state index in [1.807, 2.05) is 26.0 Å². The minimum Gasteiger partial charge on any atom is -0.362 e. The molecule has 1 aromatic carbocycles. The third-order valence-corrected chi connectivity index (χ3v) is 3.96.